The molecule has 1 N–H and O–H groups in total. The van der Waals surface area contributed by atoms with Gasteiger partial charge in [0.15, 0.2) is 0 Å². The lowest BCUT2D eigenvalue weighted by Gasteiger charge is -2.17. The minimum atomic E-state index is 0.268. The monoisotopic (exact) mass is 406 g/mol. The van der Waals surface area contributed by atoms with Crippen molar-refractivity contribution in [1.82, 2.24) is 0 Å². The maximum absolute atomic E-state index is 7.48. The molecule has 0 radical (unpaired) electrons. The number of rotatable bonds is 9. The highest BCUT2D eigenvalue weighted by Gasteiger charge is 2.20. The largest absolute Gasteiger partial charge is 0.491 e. The van der Waals surface area contributed by atoms with Crippen molar-refractivity contribution in [3.63, 3.8) is 0 Å². The molecule has 0 aliphatic rings. The molecule has 0 amide bonds. The highest BCUT2D eigenvalue weighted by atomic mass is 35.5. The van der Waals surface area contributed by atoms with Gasteiger partial charge in [-0.2, -0.15) is 5.11 Å². The van der Waals surface area contributed by atoms with Gasteiger partial charge in [0.2, 0.25) is 0 Å². The number of hydrogen-bond acceptors (Lipinski definition) is 3. The van der Waals surface area contributed by atoms with E-state index in [-0.39, 0.29) is 5.02 Å². The Morgan fingerprint density at radius 2 is 1.56 bits per heavy atom. The summed E-state index contributed by atoms with van der Waals surface area (Å²) in [5.74, 6) is 0.518. The number of aryl methyl sites for hydroxylation is 3. The summed E-state index contributed by atoms with van der Waals surface area (Å²) in [6.07, 6.45) is 5.77. The molecule has 3 nitrogen and oxygen atoms in total. The Morgan fingerprint density at radius 1 is 0.926 bits per heavy atom. The molecule has 0 spiro atoms. The van der Waals surface area contributed by atoms with Gasteiger partial charge >= 0.3 is 0 Å². The van der Waals surface area contributed by atoms with Gasteiger partial charge in [-0.05, 0) is 49.9 Å². The molecule has 0 unspecified atom stereocenters. The van der Waals surface area contributed by atoms with Crippen LogP contribution in [0.5, 0.6) is 5.75 Å². The third-order valence-electron chi connectivity index (χ3n) is 4.71. The summed E-state index contributed by atoms with van der Waals surface area (Å²) in [5, 5.41) is 4.24. The minimum Gasteiger partial charge on any atom is -0.491 e. The summed E-state index contributed by atoms with van der Waals surface area (Å²) in [6, 6.07) is 6.13. The third-order valence-corrected chi connectivity index (χ3v) is 5.57. The molecule has 146 valence electrons. The molecule has 0 saturated heterocycles. The predicted octanol–water partition coefficient (Wildman–Crippen LogP) is 8.60. The molecule has 2 rings (SSSR count). The van der Waals surface area contributed by atoms with Gasteiger partial charge in [-0.25, -0.2) is 5.53 Å². The standard InChI is InChI=1S/C22H28Cl2N2O/c1-5-6-7-8-9-10-27-18-13-17(20(23)21(24)22(18)26-25)19-15(3)11-14(2)12-16(19)4/h11-13,25H,5-10H2,1-4H3. The first-order valence-electron chi connectivity index (χ1n) is 9.51. The summed E-state index contributed by atoms with van der Waals surface area (Å²) in [4.78, 5) is 0. The maximum atomic E-state index is 7.48. The zero-order valence-electron chi connectivity index (χ0n) is 16.6. The van der Waals surface area contributed by atoms with Gasteiger partial charge in [0, 0.05) is 5.56 Å². The van der Waals surface area contributed by atoms with E-state index in [0.29, 0.717) is 23.1 Å². The maximum Gasteiger partial charge on any atom is 0.149 e. The average molecular weight is 407 g/mol. The number of unbranched alkanes of at least 4 members (excludes halogenated alkanes) is 4. The smallest absolute Gasteiger partial charge is 0.149 e. The van der Waals surface area contributed by atoms with Crippen molar-refractivity contribution in [3.05, 3.63) is 44.9 Å². The average Bonchev–Trinajstić information content (AvgIpc) is 2.61. The minimum absolute atomic E-state index is 0.268. The fourth-order valence-corrected chi connectivity index (χ4v) is 3.96. The van der Waals surface area contributed by atoms with Crippen molar-refractivity contribution < 1.29 is 4.74 Å². The van der Waals surface area contributed by atoms with Crippen LogP contribution in [0.3, 0.4) is 0 Å². The normalized spacial score (nSPS) is 10.9. The Balaban J connectivity index is 2.37. The van der Waals surface area contributed by atoms with E-state index in [0.717, 1.165) is 35.1 Å². The molecule has 0 bridgehead atoms. The van der Waals surface area contributed by atoms with Crippen molar-refractivity contribution >= 4 is 28.9 Å². The van der Waals surface area contributed by atoms with Crippen molar-refractivity contribution in [2.45, 2.75) is 59.8 Å². The molecule has 0 atom stereocenters. The fourth-order valence-electron chi connectivity index (χ4n) is 3.48. The summed E-state index contributed by atoms with van der Waals surface area (Å²) in [6.45, 7) is 8.99. The molecule has 2 aromatic carbocycles. The molecule has 2 aromatic rings. The first-order valence-corrected chi connectivity index (χ1v) is 10.3. The van der Waals surface area contributed by atoms with E-state index in [1.54, 1.807) is 0 Å². The number of benzene rings is 2. The summed E-state index contributed by atoms with van der Waals surface area (Å²) < 4.78 is 5.95. The molecule has 0 aliphatic heterocycles. The Bertz CT molecular complexity index is 795. The first kappa shape index (κ1) is 21.7. The second-order valence-corrected chi connectivity index (χ2v) is 7.80. The molecule has 27 heavy (non-hydrogen) atoms. The van der Waals surface area contributed by atoms with Gasteiger partial charge in [-0.15, -0.1) is 0 Å². The predicted molar refractivity (Wildman–Crippen MR) is 115 cm³/mol. The van der Waals surface area contributed by atoms with Crippen LogP contribution in [0.15, 0.2) is 23.3 Å². The van der Waals surface area contributed by atoms with E-state index in [1.165, 1.54) is 24.8 Å². The van der Waals surface area contributed by atoms with Crippen LogP contribution in [0.1, 0.15) is 55.7 Å². The third kappa shape index (κ3) is 5.24. The van der Waals surface area contributed by atoms with Gasteiger partial charge in [-0.1, -0.05) is 73.5 Å². The van der Waals surface area contributed by atoms with E-state index < -0.39 is 0 Å². The number of nitrogens with zero attached hydrogens (tertiary/aromatic N) is 1. The first-order chi connectivity index (χ1) is 12.9. The van der Waals surface area contributed by atoms with Gasteiger partial charge in [0.05, 0.1) is 16.7 Å². The number of hydrogen-bond donors (Lipinski definition) is 1. The lowest BCUT2D eigenvalue weighted by Crippen LogP contribution is -1.99. The lowest BCUT2D eigenvalue weighted by molar-refractivity contribution is 0.305. The van der Waals surface area contributed by atoms with Gasteiger partial charge in [-0.3, -0.25) is 0 Å². The number of nitrogens with one attached hydrogen (secondary N) is 1. The van der Waals surface area contributed by atoms with Crippen LogP contribution in [0, 0.1) is 26.3 Å². The Hall–Kier alpha value is -1.58. The van der Waals surface area contributed by atoms with Crippen molar-refractivity contribution in [3.8, 4) is 16.9 Å². The zero-order valence-corrected chi connectivity index (χ0v) is 18.1. The van der Waals surface area contributed by atoms with Crippen LogP contribution >= 0.6 is 23.2 Å². The molecular weight excluding hydrogens is 379 g/mol. The molecule has 5 heteroatoms. The van der Waals surface area contributed by atoms with E-state index in [1.807, 2.05) is 6.07 Å². The highest BCUT2D eigenvalue weighted by Crippen LogP contribution is 2.47. The van der Waals surface area contributed by atoms with Crippen LogP contribution in [0.25, 0.3) is 11.1 Å². The fraction of sp³-hybridized carbons (Fsp3) is 0.455. The molecule has 0 heterocycles. The van der Waals surface area contributed by atoms with Gasteiger partial charge in [0.1, 0.15) is 11.4 Å². The highest BCUT2D eigenvalue weighted by molar-refractivity contribution is 6.45. The van der Waals surface area contributed by atoms with Crippen LogP contribution < -0.4 is 4.74 Å². The summed E-state index contributed by atoms with van der Waals surface area (Å²) in [7, 11) is 0. The van der Waals surface area contributed by atoms with Crippen molar-refractivity contribution in [2.24, 2.45) is 5.11 Å². The molecular formula is C22H28Cl2N2O. The van der Waals surface area contributed by atoms with Gasteiger partial charge < -0.3 is 4.74 Å². The SMILES string of the molecule is CCCCCCCOc1cc(-c2c(C)cc(C)cc2C)c(Cl)c(Cl)c1N=N. The van der Waals surface area contributed by atoms with E-state index in [2.05, 4.69) is 44.9 Å². The molecule has 0 aromatic heterocycles. The number of halogens is 2. The van der Waals surface area contributed by atoms with Crippen molar-refractivity contribution in [2.75, 3.05) is 6.61 Å². The Labute approximate surface area is 172 Å². The van der Waals surface area contributed by atoms with Crippen LogP contribution in [-0.2, 0) is 0 Å². The van der Waals surface area contributed by atoms with Crippen LogP contribution in [0.2, 0.25) is 10.0 Å². The van der Waals surface area contributed by atoms with Crippen molar-refractivity contribution in [1.29, 1.82) is 5.53 Å². The molecule has 0 saturated carbocycles. The molecule has 0 aliphatic carbocycles. The van der Waals surface area contributed by atoms with Gasteiger partial charge in [0.25, 0.3) is 0 Å². The second kappa shape index (κ2) is 10.1. The Morgan fingerprint density at radius 3 is 2.15 bits per heavy atom. The van der Waals surface area contributed by atoms with E-state index in [9.17, 15) is 0 Å². The van der Waals surface area contributed by atoms with E-state index >= 15 is 0 Å². The molecule has 0 fully saturated rings. The Kier molecular flexibility index (Phi) is 8.12. The van der Waals surface area contributed by atoms with Crippen LogP contribution in [0.4, 0.5) is 5.69 Å². The zero-order chi connectivity index (χ0) is 20.0. The summed E-state index contributed by atoms with van der Waals surface area (Å²) in [5.41, 5.74) is 13.1. The lowest BCUT2D eigenvalue weighted by atomic mass is 9.93. The topological polar surface area (TPSA) is 45.4 Å². The van der Waals surface area contributed by atoms with Crippen LogP contribution in [-0.4, -0.2) is 6.61 Å². The second-order valence-electron chi connectivity index (χ2n) is 7.05. The quantitative estimate of drug-likeness (QED) is 0.328. The number of ether oxygens (including phenoxy) is 1. The summed E-state index contributed by atoms with van der Waals surface area (Å²) >= 11 is 13.0. The van der Waals surface area contributed by atoms with E-state index in [4.69, 9.17) is 33.5 Å².